The molecule has 0 bridgehead atoms. The number of rotatable bonds is 5. The van der Waals surface area contributed by atoms with E-state index in [1.807, 2.05) is 48.5 Å². The lowest BCUT2D eigenvalue weighted by molar-refractivity contribution is 0.101. The van der Waals surface area contributed by atoms with E-state index in [0.29, 0.717) is 11.3 Å². The monoisotopic (exact) mass is 319 g/mol. The summed E-state index contributed by atoms with van der Waals surface area (Å²) in [6, 6.07) is 18.6. The quantitative estimate of drug-likeness (QED) is 0.496. The largest absolute Gasteiger partial charge is 0.497 e. The maximum Gasteiger partial charge on any atom is 0.159 e. The molecule has 0 amide bonds. The predicted molar refractivity (Wildman–Crippen MR) is 94.4 cm³/mol. The van der Waals surface area contributed by atoms with Crippen LogP contribution in [0.5, 0.6) is 5.75 Å². The first kappa shape index (κ1) is 15.7. The fourth-order valence-corrected chi connectivity index (χ4v) is 2.25. The lowest BCUT2D eigenvalue weighted by Crippen LogP contribution is -1.90. The van der Waals surface area contributed by atoms with Crippen molar-refractivity contribution in [1.29, 1.82) is 0 Å². The third kappa shape index (κ3) is 3.60. The van der Waals surface area contributed by atoms with Gasteiger partial charge in [0.2, 0.25) is 0 Å². The second-order valence-corrected chi connectivity index (χ2v) is 5.29. The number of furan rings is 1. The third-order valence-corrected chi connectivity index (χ3v) is 3.62. The molecule has 0 spiro atoms. The summed E-state index contributed by atoms with van der Waals surface area (Å²) in [5.41, 5.74) is 2.43. The van der Waals surface area contributed by atoms with E-state index in [0.717, 1.165) is 22.8 Å². The molecular weight excluding hydrogens is 302 g/mol. The Bertz CT molecular complexity index is 859. The third-order valence-electron chi connectivity index (χ3n) is 3.62. The van der Waals surface area contributed by atoms with Crippen LogP contribution in [-0.4, -0.2) is 19.1 Å². The maximum absolute atomic E-state index is 11.3. The van der Waals surface area contributed by atoms with E-state index >= 15 is 0 Å². The highest BCUT2D eigenvalue weighted by atomic mass is 16.5. The maximum atomic E-state index is 11.3. The Morgan fingerprint density at radius 1 is 1.00 bits per heavy atom. The number of ether oxygens (including phenoxy) is 1. The highest BCUT2D eigenvalue weighted by Crippen LogP contribution is 2.23. The molecule has 3 rings (SSSR count). The van der Waals surface area contributed by atoms with E-state index in [-0.39, 0.29) is 5.78 Å². The number of Topliss-reactive ketones (excluding diaryl/α,β-unsaturated/α-hetero) is 1. The lowest BCUT2D eigenvalue weighted by Gasteiger charge is -1.99. The lowest BCUT2D eigenvalue weighted by atomic mass is 10.1. The van der Waals surface area contributed by atoms with E-state index < -0.39 is 0 Å². The van der Waals surface area contributed by atoms with Crippen molar-refractivity contribution in [3.8, 4) is 17.1 Å². The molecule has 3 aromatic rings. The van der Waals surface area contributed by atoms with Gasteiger partial charge in [-0.15, -0.1) is 0 Å². The molecule has 0 unspecified atom stereocenters. The second-order valence-electron chi connectivity index (χ2n) is 5.29. The van der Waals surface area contributed by atoms with Crippen molar-refractivity contribution in [2.45, 2.75) is 6.92 Å². The smallest absolute Gasteiger partial charge is 0.159 e. The highest BCUT2D eigenvalue weighted by Gasteiger charge is 2.05. The molecule has 0 aliphatic heterocycles. The molecule has 0 fully saturated rings. The Kier molecular flexibility index (Phi) is 4.57. The van der Waals surface area contributed by atoms with E-state index in [9.17, 15) is 4.79 Å². The average molecular weight is 319 g/mol. The van der Waals surface area contributed by atoms with Crippen LogP contribution in [0.4, 0.5) is 5.69 Å². The van der Waals surface area contributed by atoms with Crippen molar-refractivity contribution in [2.75, 3.05) is 7.11 Å². The van der Waals surface area contributed by atoms with Gasteiger partial charge in [-0.3, -0.25) is 9.79 Å². The summed E-state index contributed by atoms with van der Waals surface area (Å²) < 4.78 is 10.9. The van der Waals surface area contributed by atoms with Crippen LogP contribution in [0, 0.1) is 0 Å². The first-order valence-electron chi connectivity index (χ1n) is 7.55. The minimum atomic E-state index is 0.0494. The minimum Gasteiger partial charge on any atom is -0.497 e. The molecule has 0 saturated carbocycles. The van der Waals surface area contributed by atoms with Crippen LogP contribution in [0.3, 0.4) is 0 Å². The summed E-state index contributed by atoms with van der Waals surface area (Å²) in [6.07, 6.45) is 1.68. The van der Waals surface area contributed by atoms with Crippen LogP contribution in [-0.2, 0) is 0 Å². The van der Waals surface area contributed by atoms with Gasteiger partial charge in [0, 0.05) is 11.1 Å². The second kappa shape index (κ2) is 6.96. The summed E-state index contributed by atoms with van der Waals surface area (Å²) in [6.45, 7) is 1.55. The van der Waals surface area contributed by atoms with E-state index in [2.05, 4.69) is 4.99 Å². The van der Waals surface area contributed by atoms with Gasteiger partial charge in [-0.05, 0) is 43.3 Å². The van der Waals surface area contributed by atoms with Crippen LogP contribution in [0.2, 0.25) is 0 Å². The Hall–Kier alpha value is -3.14. The number of carbonyl (C=O) groups is 1. The number of benzene rings is 2. The molecule has 1 heterocycles. The Morgan fingerprint density at radius 2 is 1.71 bits per heavy atom. The summed E-state index contributed by atoms with van der Waals surface area (Å²) in [4.78, 5) is 15.7. The van der Waals surface area contributed by atoms with Crippen molar-refractivity contribution in [2.24, 2.45) is 4.99 Å². The number of aliphatic imine (C=N–C) groups is 1. The average Bonchev–Trinajstić information content (AvgIpc) is 3.09. The summed E-state index contributed by atoms with van der Waals surface area (Å²) in [7, 11) is 1.63. The van der Waals surface area contributed by atoms with Crippen molar-refractivity contribution in [3.05, 3.63) is 72.0 Å². The first-order valence-corrected chi connectivity index (χ1v) is 7.55. The molecule has 0 aliphatic rings. The molecule has 2 aromatic carbocycles. The van der Waals surface area contributed by atoms with Crippen LogP contribution >= 0.6 is 0 Å². The Balaban J connectivity index is 1.74. The van der Waals surface area contributed by atoms with Gasteiger partial charge in [-0.1, -0.05) is 24.3 Å². The van der Waals surface area contributed by atoms with Crippen LogP contribution in [0.25, 0.3) is 11.3 Å². The molecule has 0 atom stereocenters. The fourth-order valence-electron chi connectivity index (χ4n) is 2.25. The molecular formula is C20H17NO3. The van der Waals surface area contributed by atoms with E-state index in [1.165, 1.54) is 0 Å². The van der Waals surface area contributed by atoms with Crippen molar-refractivity contribution >= 4 is 17.7 Å². The van der Waals surface area contributed by atoms with Gasteiger partial charge < -0.3 is 9.15 Å². The van der Waals surface area contributed by atoms with Crippen LogP contribution in [0.15, 0.2) is 70.1 Å². The highest BCUT2D eigenvalue weighted by molar-refractivity contribution is 5.94. The SMILES string of the molecule is COc1ccc(N=Cc2ccc(-c3ccc(C(C)=O)cc3)o2)cc1. The molecule has 1 aromatic heterocycles. The summed E-state index contributed by atoms with van der Waals surface area (Å²) in [5, 5.41) is 0. The molecule has 120 valence electrons. The number of nitrogens with zero attached hydrogens (tertiary/aromatic N) is 1. The molecule has 4 heteroatoms. The van der Waals surface area contributed by atoms with Gasteiger partial charge >= 0.3 is 0 Å². The van der Waals surface area contributed by atoms with Crippen molar-refractivity contribution < 1.29 is 13.9 Å². The molecule has 0 aliphatic carbocycles. The summed E-state index contributed by atoms with van der Waals surface area (Å²) in [5.74, 6) is 2.24. The Labute approximate surface area is 140 Å². The molecule has 4 nitrogen and oxygen atoms in total. The number of methoxy groups -OCH3 is 1. The first-order chi connectivity index (χ1) is 11.7. The van der Waals surface area contributed by atoms with Crippen molar-refractivity contribution in [1.82, 2.24) is 0 Å². The van der Waals surface area contributed by atoms with Gasteiger partial charge in [0.15, 0.2) is 5.78 Å². The van der Waals surface area contributed by atoms with Gasteiger partial charge in [0.25, 0.3) is 0 Å². The van der Waals surface area contributed by atoms with Gasteiger partial charge in [0.05, 0.1) is 19.0 Å². The fraction of sp³-hybridized carbons (Fsp3) is 0.100. The van der Waals surface area contributed by atoms with Crippen molar-refractivity contribution in [3.63, 3.8) is 0 Å². The predicted octanol–water partition coefficient (Wildman–Crippen LogP) is 4.91. The molecule has 0 N–H and O–H groups in total. The van der Waals surface area contributed by atoms with Gasteiger partial charge in [0.1, 0.15) is 17.3 Å². The topological polar surface area (TPSA) is 51.8 Å². The number of carbonyl (C=O) groups excluding carboxylic acids is 1. The van der Waals surface area contributed by atoms with Gasteiger partial charge in [-0.2, -0.15) is 0 Å². The van der Waals surface area contributed by atoms with E-state index in [4.69, 9.17) is 9.15 Å². The zero-order valence-electron chi connectivity index (χ0n) is 13.5. The minimum absolute atomic E-state index is 0.0494. The Morgan fingerprint density at radius 3 is 2.33 bits per heavy atom. The van der Waals surface area contributed by atoms with Crippen LogP contribution in [0.1, 0.15) is 23.0 Å². The standard InChI is InChI=1S/C20H17NO3/c1-14(22)15-3-5-16(6-4-15)20-12-11-19(24-20)13-21-17-7-9-18(23-2)10-8-17/h3-13H,1-2H3. The van der Waals surface area contributed by atoms with Gasteiger partial charge in [-0.25, -0.2) is 0 Å². The summed E-state index contributed by atoms with van der Waals surface area (Å²) >= 11 is 0. The van der Waals surface area contributed by atoms with Crippen LogP contribution < -0.4 is 4.74 Å². The number of hydrogen-bond donors (Lipinski definition) is 0. The number of ketones is 1. The van der Waals surface area contributed by atoms with E-state index in [1.54, 1.807) is 32.4 Å². The molecule has 0 radical (unpaired) electrons. The zero-order valence-corrected chi connectivity index (χ0v) is 13.5. The molecule has 0 saturated heterocycles. The number of hydrogen-bond acceptors (Lipinski definition) is 4. The normalized spacial score (nSPS) is 10.9. The zero-order chi connectivity index (χ0) is 16.9. The molecule has 24 heavy (non-hydrogen) atoms.